The van der Waals surface area contributed by atoms with E-state index in [1.807, 2.05) is 13.8 Å². The molecule has 0 aliphatic rings. The molecule has 0 saturated carbocycles. The molecule has 6 nitrogen and oxygen atoms in total. The maximum absolute atomic E-state index is 12.3. The van der Waals surface area contributed by atoms with Crippen LogP contribution < -0.4 is 10.1 Å². The van der Waals surface area contributed by atoms with Gasteiger partial charge in [-0.3, -0.25) is 9.59 Å². The zero-order valence-electron chi connectivity index (χ0n) is 16.0. The first-order valence-electron chi connectivity index (χ1n) is 8.74. The highest BCUT2D eigenvalue weighted by Crippen LogP contribution is 2.23. The number of hydrogen-bond donors (Lipinski definition) is 1. The molecule has 0 aliphatic carbocycles. The van der Waals surface area contributed by atoms with E-state index in [1.165, 1.54) is 13.2 Å². The summed E-state index contributed by atoms with van der Waals surface area (Å²) in [4.78, 5) is 36.3. The maximum Gasteiger partial charge on any atom is 0.339 e. The third kappa shape index (κ3) is 6.20. The van der Waals surface area contributed by atoms with Crippen molar-refractivity contribution in [1.82, 2.24) is 0 Å². The number of ether oxygens (including phenoxy) is 2. The smallest absolute Gasteiger partial charge is 0.339 e. The fraction of sp³-hybridized carbons (Fsp3) is 0.286. The van der Waals surface area contributed by atoms with Crippen LogP contribution in [0.1, 0.15) is 41.0 Å². The second-order valence-corrected chi connectivity index (χ2v) is 7.42. The highest BCUT2D eigenvalue weighted by Gasteiger charge is 2.16. The third-order valence-corrected chi connectivity index (χ3v) is 4.50. The summed E-state index contributed by atoms with van der Waals surface area (Å²) in [6.45, 7) is 3.54. The number of amides is 1. The second-order valence-electron chi connectivity index (χ2n) is 6.57. The molecule has 0 aromatic heterocycles. The largest absolute Gasteiger partial charge is 0.497 e. The zero-order valence-corrected chi connectivity index (χ0v) is 17.5. The summed E-state index contributed by atoms with van der Waals surface area (Å²) in [7, 11) is 1.50. The number of carbonyl (C=O) groups excluding carboxylic acids is 3. The Morgan fingerprint density at radius 3 is 2.36 bits per heavy atom. The molecule has 0 heterocycles. The second kappa shape index (κ2) is 10.0. The predicted octanol–water partition coefficient (Wildman–Crippen LogP) is 4.48. The molecule has 0 bridgehead atoms. The molecule has 0 fully saturated rings. The molecule has 0 spiro atoms. The fourth-order valence-corrected chi connectivity index (χ4v) is 2.81. The first-order valence-corrected chi connectivity index (χ1v) is 9.53. The van der Waals surface area contributed by atoms with Gasteiger partial charge in [-0.1, -0.05) is 13.8 Å². The number of methoxy groups -OCH3 is 1. The third-order valence-electron chi connectivity index (χ3n) is 3.81. The normalized spacial score (nSPS) is 10.5. The molecular weight excluding hydrogens is 426 g/mol. The van der Waals surface area contributed by atoms with E-state index in [1.54, 1.807) is 36.4 Å². The SMILES string of the molecule is COc1ccc(Br)c(C(=O)OCC(=O)c2ccc(NC(=O)CC(C)C)cc2)c1. The summed E-state index contributed by atoms with van der Waals surface area (Å²) < 4.78 is 10.8. The van der Waals surface area contributed by atoms with E-state index in [4.69, 9.17) is 9.47 Å². The first-order chi connectivity index (χ1) is 13.3. The number of carbonyl (C=O) groups is 3. The Balaban J connectivity index is 1.94. The lowest BCUT2D eigenvalue weighted by atomic mass is 10.1. The molecule has 1 amide bonds. The lowest BCUT2D eigenvalue weighted by Gasteiger charge is -2.09. The van der Waals surface area contributed by atoms with Crippen LogP contribution >= 0.6 is 15.9 Å². The van der Waals surface area contributed by atoms with Crippen LogP contribution in [0.4, 0.5) is 5.69 Å². The summed E-state index contributed by atoms with van der Waals surface area (Å²) in [6.07, 6.45) is 0.427. The van der Waals surface area contributed by atoms with Crippen LogP contribution in [-0.4, -0.2) is 31.4 Å². The van der Waals surface area contributed by atoms with Gasteiger partial charge in [0, 0.05) is 22.1 Å². The number of hydrogen-bond acceptors (Lipinski definition) is 5. The van der Waals surface area contributed by atoms with Gasteiger partial charge < -0.3 is 14.8 Å². The van der Waals surface area contributed by atoms with Crippen molar-refractivity contribution < 1.29 is 23.9 Å². The minimum atomic E-state index is -0.628. The lowest BCUT2D eigenvalue weighted by Crippen LogP contribution is -2.15. The molecular formula is C21H22BrNO5. The number of esters is 1. The molecule has 28 heavy (non-hydrogen) atoms. The van der Waals surface area contributed by atoms with E-state index in [0.717, 1.165) is 0 Å². The Morgan fingerprint density at radius 2 is 1.75 bits per heavy atom. The van der Waals surface area contributed by atoms with Gasteiger partial charge in [0.05, 0.1) is 12.7 Å². The van der Waals surface area contributed by atoms with E-state index >= 15 is 0 Å². The average Bonchev–Trinajstić information content (AvgIpc) is 2.66. The van der Waals surface area contributed by atoms with Crippen LogP contribution in [-0.2, 0) is 9.53 Å². The van der Waals surface area contributed by atoms with Crippen molar-refractivity contribution in [2.24, 2.45) is 5.92 Å². The number of anilines is 1. The molecule has 2 aromatic carbocycles. The van der Waals surface area contributed by atoms with Gasteiger partial charge in [0.15, 0.2) is 12.4 Å². The topological polar surface area (TPSA) is 81.7 Å². The quantitative estimate of drug-likeness (QED) is 0.476. The van der Waals surface area contributed by atoms with Gasteiger partial charge in [-0.25, -0.2) is 4.79 Å². The van der Waals surface area contributed by atoms with Crippen molar-refractivity contribution in [2.45, 2.75) is 20.3 Å². The van der Waals surface area contributed by atoms with E-state index in [2.05, 4.69) is 21.2 Å². The highest BCUT2D eigenvalue weighted by atomic mass is 79.9. The summed E-state index contributed by atoms with van der Waals surface area (Å²) >= 11 is 3.28. The van der Waals surface area contributed by atoms with Crippen molar-refractivity contribution in [1.29, 1.82) is 0 Å². The van der Waals surface area contributed by atoms with Crippen LogP contribution in [0, 0.1) is 5.92 Å². The van der Waals surface area contributed by atoms with Gasteiger partial charge in [-0.15, -0.1) is 0 Å². The summed E-state index contributed by atoms with van der Waals surface area (Å²) in [5.74, 6) is -0.271. The molecule has 148 valence electrons. The molecule has 7 heteroatoms. The number of ketones is 1. The lowest BCUT2D eigenvalue weighted by molar-refractivity contribution is -0.116. The Hall–Kier alpha value is -2.67. The molecule has 0 radical (unpaired) electrons. The van der Waals surface area contributed by atoms with E-state index in [9.17, 15) is 14.4 Å². The van der Waals surface area contributed by atoms with Crippen LogP contribution in [0.3, 0.4) is 0 Å². The van der Waals surface area contributed by atoms with Crippen molar-refractivity contribution in [3.05, 3.63) is 58.1 Å². The summed E-state index contributed by atoms with van der Waals surface area (Å²) in [5.41, 5.74) is 1.27. The Kier molecular flexibility index (Phi) is 7.75. The first kappa shape index (κ1) is 21.6. The van der Waals surface area contributed by atoms with Crippen LogP contribution in [0.5, 0.6) is 5.75 Å². The van der Waals surface area contributed by atoms with E-state index < -0.39 is 5.97 Å². The summed E-state index contributed by atoms with van der Waals surface area (Å²) in [6, 6.07) is 11.4. The standard InChI is InChI=1S/C21H22BrNO5/c1-13(2)10-20(25)23-15-6-4-14(5-7-15)19(24)12-28-21(26)17-11-16(27-3)8-9-18(17)22/h4-9,11,13H,10,12H2,1-3H3,(H,23,25). The predicted molar refractivity (Wildman–Crippen MR) is 110 cm³/mol. The molecule has 2 aromatic rings. The van der Waals surface area contributed by atoms with E-state index in [0.29, 0.717) is 27.9 Å². The average molecular weight is 448 g/mol. The van der Waals surface area contributed by atoms with Crippen molar-refractivity contribution in [3.8, 4) is 5.75 Å². The zero-order chi connectivity index (χ0) is 20.7. The van der Waals surface area contributed by atoms with Crippen LogP contribution in [0.25, 0.3) is 0 Å². The van der Waals surface area contributed by atoms with Gasteiger partial charge in [0.25, 0.3) is 0 Å². The minimum absolute atomic E-state index is 0.0770. The Labute approximate surface area is 172 Å². The summed E-state index contributed by atoms with van der Waals surface area (Å²) in [5, 5.41) is 2.78. The molecule has 0 atom stereocenters. The molecule has 0 saturated heterocycles. The highest BCUT2D eigenvalue weighted by molar-refractivity contribution is 9.10. The van der Waals surface area contributed by atoms with Gasteiger partial charge in [-0.05, 0) is 64.3 Å². The number of rotatable bonds is 8. The van der Waals surface area contributed by atoms with Gasteiger partial charge >= 0.3 is 5.97 Å². The van der Waals surface area contributed by atoms with Crippen molar-refractivity contribution in [2.75, 3.05) is 19.0 Å². The number of nitrogens with one attached hydrogen (secondary N) is 1. The Bertz CT molecular complexity index is 862. The Morgan fingerprint density at radius 1 is 1.07 bits per heavy atom. The monoisotopic (exact) mass is 447 g/mol. The molecule has 1 N–H and O–H groups in total. The molecule has 0 aliphatic heterocycles. The van der Waals surface area contributed by atoms with Crippen LogP contribution in [0.2, 0.25) is 0 Å². The van der Waals surface area contributed by atoms with Crippen LogP contribution in [0.15, 0.2) is 46.9 Å². The van der Waals surface area contributed by atoms with Gasteiger partial charge in [0.2, 0.25) is 5.91 Å². The van der Waals surface area contributed by atoms with Crippen molar-refractivity contribution in [3.63, 3.8) is 0 Å². The van der Waals surface area contributed by atoms with E-state index in [-0.39, 0.29) is 29.8 Å². The number of benzene rings is 2. The number of Topliss-reactive ketones (excluding diaryl/α,β-unsaturated/α-hetero) is 1. The van der Waals surface area contributed by atoms with Gasteiger partial charge in [0.1, 0.15) is 5.75 Å². The fourth-order valence-electron chi connectivity index (χ4n) is 2.40. The van der Waals surface area contributed by atoms with Gasteiger partial charge in [-0.2, -0.15) is 0 Å². The maximum atomic E-state index is 12.3. The molecule has 2 rings (SSSR count). The minimum Gasteiger partial charge on any atom is -0.497 e. The molecule has 0 unspecified atom stereocenters. The number of halogens is 1. The van der Waals surface area contributed by atoms with Crippen molar-refractivity contribution >= 4 is 39.3 Å².